The van der Waals surface area contributed by atoms with Gasteiger partial charge in [0.25, 0.3) is 0 Å². The number of benzene rings is 1. The Bertz CT molecular complexity index is 483. The van der Waals surface area contributed by atoms with E-state index in [1.54, 1.807) is 6.07 Å². The van der Waals surface area contributed by atoms with Gasteiger partial charge in [0.05, 0.1) is 25.2 Å². The summed E-state index contributed by atoms with van der Waals surface area (Å²) in [5.74, 6) is -1.63. The number of carbonyl (C=O) groups is 1. The number of ether oxygens (including phenoxy) is 1. The summed E-state index contributed by atoms with van der Waals surface area (Å²) in [6.45, 7) is 0. The minimum atomic E-state index is -1.60. The van der Waals surface area contributed by atoms with Gasteiger partial charge in [0.15, 0.2) is 0 Å². The van der Waals surface area contributed by atoms with Crippen LogP contribution in [0.25, 0.3) is 0 Å². The van der Waals surface area contributed by atoms with Crippen LogP contribution in [-0.2, 0) is 9.53 Å². The molecule has 2 N–H and O–H groups in total. The molecule has 0 aliphatic carbocycles. The number of nitriles is 1. The van der Waals surface area contributed by atoms with Gasteiger partial charge < -0.3 is 14.9 Å². The number of halogens is 1. The predicted octanol–water partition coefficient (Wildman–Crippen LogP) is 0.655. The van der Waals surface area contributed by atoms with Crippen molar-refractivity contribution in [3.8, 4) is 6.07 Å². The number of nitrogens with zero attached hydrogens (tertiary/aromatic N) is 1. The van der Waals surface area contributed by atoms with Crippen molar-refractivity contribution < 1.29 is 24.1 Å². The molecule has 2 atom stereocenters. The molecule has 0 radical (unpaired) electrons. The number of hydrogen-bond donors (Lipinski definition) is 2. The summed E-state index contributed by atoms with van der Waals surface area (Å²) in [5, 5.41) is 27.9. The summed E-state index contributed by atoms with van der Waals surface area (Å²) in [6, 6.07) is 5.49. The van der Waals surface area contributed by atoms with E-state index in [9.17, 15) is 19.4 Å². The first-order valence-corrected chi connectivity index (χ1v) is 5.12. The highest BCUT2D eigenvalue weighted by molar-refractivity contribution is 5.69. The molecular formula is C12H12FNO4. The lowest BCUT2D eigenvalue weighted by Crippen LogP contribution is -2.23. The minimum absolute atomic E-state index is 0.231. The van der Waals surface area contributed by atoms with E-state index in [0.29, 0.717) is 0 Å². The molecule has 1 rings (SSSR count). The molecular weight excluding hydrogens is 241 g/mol. The van der Waals surface area contributed by atoms with Crippen LogP contribution in [0.4, 0.5) is 4.39 Å². The zero-order valence-corrected chi connectivity index (χ0v) is 9.63. The van der Waals surface area contributed by atoms with E-state index in [-0.39, 0.29) is 11.1 Å². The molecule has 0 fully saturated rings. The number of rotatable bonds is 4. The number of carbonyl (C=O) groups excluding carboxylic acids is 1. The third kappa shape index (κ3) is 3.03. The van der Waals surface area contributed by atoms with Crippen LogP contribution >= 0.6 is 0 Å². The van der Waals surface area contributed by atoms with E-state index >= 15 is 0 Å². The first-order chi connectivity index (χ1) is 8.51. The summed E-state index contributed by atoms with van der Waals surface area (Å²) in [7, 11) is 1.14. The van der Waals surface area contributed by atoms with E-state index in [4.69, 9.17) is 5.26 Å². The van der Waals surface area contributed by atoms with Crippen molar-refractivity contribution in [3.05, 3.63) is 35.1 Å². The van der Waals surface area contributed by atoms with Crippen LogP contribution < -0.4 is 0 Å². The van der Waals surface area contributed by atoms with Gasteiger partial charge in [0.2, 0.25) is 0 Å². The first-order valence-electron chi connectivity index (χ1n) is 5.12. The number of methoxy groups -OCH3 is 1. The van der Waals surface area contributed by atoms with Gasteiger partial charge in [0.1, 0.15) is 18.0 Å². The molecule has 96 valence electrons. The molecule has 0 aliphatic rings. The summed E-state index contributed by atoms with van der Waals surface area (Å²) in [4.78, 5) is 10.9. The number of hydrogen-bond acceptors (Lipinski definition) is 5. The van der Waals surface area contributed by atoms with Crippen molar-refractivity contribution in [2.45, 2.75) is 18.6 Å². The molecule has 1 aromatic rings. The van der Waals surface area contributed by atoms with E-state index in [1.165, 1.54) is 18.2 Å². The predicted molar refractivity (Wildman–Crippen MR) is 58.7 cm³/mol. The number of esters is 1. The Labute approximate surface area is 103 Å². The van der Waals surface area contributed by atoms with Crippen LogP contribution in [0, 0.1) is 17.1 Å². The molecule has 0 saturated carbocycles. The Morgan fingerprint density at radius 1 is 1.56 bits per heavy atom. The van der Waals surface area contributed by atoms with Crippen molar-refractivity contribution in [3.63, 3.8) is 0 Å². The average molecular weight is 253 g/mol. The Hall–Kier alpha value is -1.97. The maximum absolute atomic E-state index is 13.7. The molecule has 0 amide bonds. The molecule has 0 aliphatic heterocycles. The second kappa shape index (κ2) is 6.10. The Morgan fingerprint density at radius 3 is 2.78 bits per heavy atom. The highest BCUT2D eigenvalue weighted by atomic mass is 19.1. The molecule has 0 heterocycles. The Kier molecular flexibility index (Phi) is 4.77. The zero-order chi connectivity index (χ0) is 13.7. The maximum Gasteiger partial charge on any atom is 0.308 e. The normalized spacial score (nSPS) is 13.5. The van der Waals surface area contributed by atoms with E-state index in [2.05, 4.69) is 4.74 Å². The average Bonchev–Trinajstić information content (AvgIpc) is 2.38. The monoisotopic (exact) mass is 253 g/mol. The molecule has 5 nitrogen and oxygen atoms in total. The molecule has 18 heavy (non-hydrogen) atoms. The maximum atomic E-state index is 13.7. The van der Waals surface area contributed by atoms with Gasteiger partial charge in [-0.2, -0.15) is 5.26 Å². The molecule has 6 heteroatoms. The fourth-order valence-electron chi connectivity index (χ4n) is 1.44. The summed E-state index contributed by atoms with van der Waals surface area (Å²) < 4.78 is 18.0. The Balaban J connectivity index is 2.94. The topological polar surface area (TPSA) is 90.6 Å². The lowest BCUT2D eigenvalue weighted by molar-refractivity contribution is -0.144. The Morgan fingerprint density at radius 2 is 2.22 bits per heavy atom. The van der Waals surface area contributed by atoms with Crippen molar-refractivity contribution in [1.82, 2.24) is 0 Å². The van der Waals surface area contributed by atoms with Gasteiger partial charge in [0, 0.05) is 5.56 Å². The highest BCUT2D eigenvalue weighted by Crippen LogP contribution is 2.23. The lowest BCUT2D eigenvalue weighted by atomic mass is 9.99. The largest absolute Gasteiger partial charge is 0.469 e. The van der Waals surface area contributed by atoms with Crippen molar-refractivity contribution in [1.29, 1.82) is 5.26 Å². The first kappa shape index (κ1) is 14.1. The van der Waals surface area contributed by atoms with Gasteiger partial charge in [-0.25, -0.2) is 4.39 Å². The van der Waals surface area contributed by atoms with Gasteiger partial charge >= 0.3 is 5.97 Å². The van der Waals surface area contributed by atoms with E-state index in [1.807, 2.05) is 0 Å². The van der Waals surface area contributed by atoms with Crippen LogP contribution in [0.3, 0.4) is 0 Å². The second-order valence-electron chi connectivity index (χ2n) is 3.61. The van der Waals surface area contributed by atoms with Gasteiger partial charge in [-0.3, -0.25) is 4.79 Å². The molecule has 2 unspecified atom stereocenters. The van der Waals surface area contributed by atoms with Gasteiger partial charge in [-0.05, 0) is 6.07 Å². The molecule has 0 saturated heterocycles. The fourth-order valence-corrected chi connectivity index (χ4v) is 1.44. The van der Waals surface area contributed by atoms with Crippen LogP contribution in [-0.4, -0.2) is 29.4 Å². The number of aliphatic hydroxyl groups excluding tert-OH is 2. The van der Waals surface area contributed by atoms with Gasteiger partial charge in [-0.15, -0.1) is 0 Å². The van der Waals surface area contributed by atoms with Crippen LogP contribution in [0.15, 0.2) is 18.2 Å². The zero-order valence-electron chi connectivity index (χ0n) is 9.63. The van der Waals surface area contributed by atoms with Crippen LogP contribution in [0.2, 0.25) is 0 Å². The second-order valence-corrected chi connectivity index (χ2v) is 3.61. The van der Waals surface area contributed by atoms with Crippen molar-refractivity contribution in [2.75, 3.05) is 7.11 Å². The van der Waals surface area contributed by atoms with Crippen LogP contribution in [0.5, 0.6) is 0 Å². The number of aliphatic hydroxyl groups is 2. The lowest BCUT2D eigenvalue weighted by Gasteiger charge is -2.17. The van der Waals surface area contributed by atoms with E-state index < -0.39 is 30.4 Å². The highest BCUT2D eigenvalue weighted by Gasteiger charge is 2.25. The smallest absolute Gasteiger partial charge is 0.308 e. The van der Waals surface area contributed by atoms with Crippen LogP contribution in [0.1, 0.15) is 23.7 Å². The SMILES string of the molecule is COC(=O)CC(O)C(O)c1cccc(C#N)c1F. The quantitative estimate of drug-likeness (QED) is 0.769. The van der Waals surface area contributed by atoms with Gasteiger partial charge in [-0.1, -0.05) is 12.1 Å². The fraction of sp³-hybridized carbons (Fsp3) is 0.333. The summed E-state index contributed by atoms with van der Waals surface area (Å²) in [6.07, 6.45) is -3.56. The van der Waals surface area contributed by atoms with E-state index in [0.717, 1.165) is 7.11 Å². The minimum Gasteiger partial charge on any atom is -0.469 e. The third-order valence-electron chi connectivity index (χ3n) is 2.44. The third-order valence-corrected chi connectivity index (χ3v) is 2.44. The standard InChI is InChI=1S/C12H12FNO4/c1-18-10(16)5-9(15)12(17)8-4-2-3-7(6-14)11(8)13/h2-4,9,12,15,17H,5H2,1H3. The summed E-state index contributed by atoms with van der Waals surface area (Å²) >= 11 is 0. The van der Waals surface area contributed by atoms with Crippen molar-refractivity contribution in [2.24, 2.45) is 0 Å². The van der Waals surface area contributed by atoms with Crippen molar-refractivity contribution >= 4 is 5.97 Å². The molecule has 0 spiro atoms. The molecule has 0 aromatic heterocycles. The molecule has 1 aromatic carbocycles. The summed E-state index contributed by atoms with van der Waals surface area (Å²) in [5.41, 5.74) is -0.470. The molecule has 0 bridgehead atoms.